The first-order chi connectivity index (χ1) is 9.79. The summed E-state index contributed by atoms with van der Waals surface area (Å²) in [6, 6.07) is 10.7. The van der Waals surface area contributed by atoms with Crippen molar-refractivity contribution in [3.05, 3.63) is 35.9 Å². The van der Waals surface area contributed by atoms with Crippen LogP contribution in [-0.2, 0) is 6.42 Å². The highest BCUT2D eigenvalue weighted by Gasteiger charge is 2.57. The van der Waals surface area contributed by atoms with Crippen molar-refractivity contribution in [2.45, 2.75) is 6.42 Å². The molecule has 2 atom stereocenters. The predicted molar refractivity (Wildman–Crippen MR) is 76.4 cm³/mol. The molecule has 4 fully saturated rings. The van der Waals surface area contributed by atoms with Gasteiger partial charge in [-0.25, -0.2) is 0 Å². The van der Waals surface area contributed by atoms with E-state index in [1.165, 1.54) is 31.7 Å². The minimum Gasteiger partial charge on any atom is -0.411 e. The summed E-state index contributed by atoms with van der Waals surface area (Å²) in [5.74, 6) is 0.485. The lowest BCUT2D eigenvalue weighted by atomic mass is 9.67. The van der Waals surface area contributed by atoms with Crippen molar-refractivity contribution in [2.75, 3.05) is 39.3 Å². The lowest BCUT2D eigenvalue weighted by molar-refractivity contribution is -0.918. The molecule has 4 bridgehead atoms. The van der Waals surface area contributed by atoms with E-state index in [0.29, 0.717) is 5.92 Å². The molecule has 0 aromatic heterocycles. The van der Waals surface area contributed by atoms with E-state index < -0.39 is 0 Å². The van der Waals surface area contributed by atoms with Crippen LogP contribution in [0.3, 0.4) is 0 Å². The zero-order valence-electron chi connectivity index (χ0n) is 11.8. The van der Waals surface area contributed by atoms with Crippen LogP contribution < -0.4 is 9.80 Å². The zero-order chi connectivity index (χ0) is 13.6. The molecule has 3 N–H and O–H groups in total. The van der Waals surface area contributed by atoms with E-state index in [1.54, 1.807) is 9.80 Å². The predicted octanol–water partition coefficient (Wildman–Crippen LogP) is -1.53. The number of nitrogens with one attached hydrogen (secondary N) is 2. The van der Waals surface area contributed by atoms with E-state index in [4.69, 9.17) is 0 Å². The van der Waals surface area contributed by atoms with Crippen molar-refractivity contribution in [2.24, 2.45) is 16.5 Å². The Morgan fingerprint density at radius 1 is 1.10 bits per heavy atom. The van der Waals surface area contributed by atoms with Gasteiger partial charge in [0, 0.05) is 0 Å². The number of piperidine rings is 2. The van der Waals surface area contributed by atoms with Gasteiger partial charge in [0.25, 0.3) is 0 Å². The Morgan fingerprint density at radius 3 is 2.35 bits per heavy atom. The molecule has 0 aliphatic carbocycles. The van der Waals surface area contributed by atoms with Crippen LogP contribution in [0, 0.1) is 11.3 Å². The summed E-state index contributed by atoms with van der Waals surface area (Å²) in [5.41, 5.74) is 2.55. The Kier molecular flexibility index (Phi) is 2.82. The van der Waals surface area contributed by atoms with Crippen molar-refractivity contribution in [1.82, 2.24) is 0 Å². The number of benzene rings is 1. The summed E-state index contributed by atoms with van der Waals surface area (Å²) < 4.78 is 0. The highest BCUT2D eigenvalue weighted by molar-refractivity contribution is 5.93. The number of nitrogens with zero attached hydrogens (tertiary/aromatic N) is 1. The molecule has 4 nitrogen and oxygen atoms in total. The Morgan fingerprint density at radius 2 is 1.75 bits per heavy atom. The molecule has 0 saturated carbocycles. The van der Waals surface area contributed by atoms with Crippen molar-refractivity contribution < 1.29 is 15.0 Å². The Bertz CT molecular complexity index is 512. The van der Waals surface area contributed by atoms with Gasteiger partial charge in [0.1, 0.15) is 18.5 Å². The van der Waals surface area contributed by atoms with Gasteiger partial charge in [-0.05, 0) is 12.0 Å². The van der Waals surface area contributed by atoms with E-state index in [0.717, 1.165) is 25.2 Å². The maximum absolute atomic E-state index is 9.60. The molecule has 4 aliphatic heterocycles. The van der Waals surface area contributed by atoms with Gasteiger partial charge in [-0.2, -0.15) is 0 Å². The second-order valence-electron chi connectivity index (χ2n) is 6.89. The maximum atomic E-state index is 9.60. The molecule has 0 spiro atoms. The van der Waals surface area contributed by atoms with Gasteiger partial charge in [-0.3, -0.25) is 0 Å². The molecule has 1 aromatic rings. The van der Waals surface area contributed by atoms with Gasteiger partial charge in [0.15, 0.2) is 0 Å². The van der Waals surface area contributed by atoms with E-state index in [2.05, 4.69) is 35.5 Å². The van der Waals surface area contributed by atoms with Crippen molar-refractivity contribution in [3.63, 3.8) is 0 Å². The molecule has 4 aliphatic rings. The zero-order valence-corrected chi connectivity index (χ0v) is 11.8. The summed E-state index contributed by atoms with van der Waals surface area (Å²) in [4.78, 5) is 3.43. The second-order valence-corrected chi connectivity index (χ2v) is 6.89. The molecule has 1 aromatic carbocycles. The van der Waals surface area contributed by atoms with Crippen molar-refractivity contribution in [3.8, 4) is 0 Å². The Labute approximate surface area is 119 Å². The van der Waals surface area contributed by atoms with Crippen LogP contribution in [0.15, 0.2) is 35.5 Å². The second kappa shape index (κ2) is 4.57. The molecule has 0 amide bonds. The molecule has 4 heterocycles. The first kappa shape index (κ1) is 12.4. The van der Waals surface area contributed by atoms with Gasteiger partial charge in [0.2, 0.25) is 0 Å². The highest BCUT2D eigenvalue weighted by Crippen LogP contribution is 2.31. The molecule has 4 heteroatoms. The van der Waals surface area contributed by atoms with Crippen molar-refractivity contribution >= 4 is 5.71 Å². The lowest BCUT2D eigenvalue weighted by Gasteiger charge is -2.45. The Balaban J connectivity index is 1.73. The third-order valence-electron chi connectivity index (χ3n) is 5.50. The minimum atomic E-state index is 0.0818. The van der Waals surface area contributed by atoms with E-state index in [9.17, 15) is 5.21 Å². The molecule has 106 valence electrons. The smallest absolute Gasteiger partial charge is 0.127 e. The van der Waals surface area contributed by atoms with Crippen LogP contribution in [0.5, 0.6) is 0 Å². The van der Waals surface area contributed by atoms with Gasteiger partial charge in [-0.15, -0.1) is 0 Å². The fraction of sp³-hybridized carbons (Fsp3) is 0.562. The van der Waals surface area contributed by atoms with Gasteiger partial charge in [0.05, 0.1) is 37.8 Å². The number of hydrogen-bond donors (Lipinski definition) is 3. The third kappa shape index (κ3) is 1.86. The molecule has 0 radical (unpaired) electrons. The van der Waals surface area contributed by atoms with E-state index >= 15 is 0 Å². The summed E-state index contributed by atoms with van der Waals surface area (Å²) in [6.07, 6.45) is 1.02. The van der Waals surface area contributed by atoms with Gasteiger partial charge >= 0.3 is 0 Å². The Hall–Kier alpha value is -1.39. The lowest BCUT2D eigenvalue weighted by Crippen LogP contribution is -3.17. The number of quaternary nitrogens is 2. The fourth-order valence-corrected chi connectivity index (χ4v) is 4.86. The van der Waals surface area contributed by atoms with Gasteiger partial charge in [-0.1, -0.05) is 35.5 Å². The average molecular weight is 273 g/mol. The molecule has 2 unspecified atom stereocenters. The minimum absolute atomic E-state index is 0.0818. The normalized spacial score (nSPS) is 41.0. The number of oxime groups is 1. The summed E-state index contributed by atoms with van der Waals surface area (Å²) in [6.45, 7) is 7.17. The maximum Gasteiger partial charge on any atom is 0.127 e. The molecule has 4 saturated heterocycles. The first-order valence-electron chi connectivity index (χ1n) is 7.72. The third-order valence-corrected chi connectivity index (χ3v) is 5.50. The van der Waals surface area contributed by atoms with Crippen LogP contribution in [-0.4, -0.2) is 50.2 Å². The van der Waals surface area contributed by atoms with Gasteiger partial charge < -0.3 is 15.0 Å². The topological polar surface area (TPSA) is 41.5 Å². The van der Waals surface area contributed by atoms with Crippen LogP contribution >= 0.6 is 0 Å². The summed E-state index contributed by atoms with van der Waals surface area (Å²) in [5, 5.41) is 13.4. The summed E-state index contributed by atoms with van der Waals surface area (Å²) >= 11 is 0. The highest BCUT2D eigenvalue weighted by atomic mass is 16.4. The standard InChI is InChI=1S/C16H21N3O/c20-17-15-14-9-18-6-7-19(10-14)12-16(15,11-18)8-13-4-2-1-3-5-13/h1-5,14,20H,6-12H2/p+2. The van der Waals surface area contributed by atoms with Crippen molar-refractivity contribution in [1.29, 1.82) is 0 Å². The van der Waals surface area contributed by atoms with Crippen LogP contribution in [0.25, 0.3) is 0 Å². The van der Waals surface area contributed by atoms with Crippen LogP contribution in [0.4, 0.5) is 0 Å². The number of fused-ring (bicyclic) bond motifs is 1. The monoisotopic (exact) mass is 273 g/mol. The SMILES string of the molecule is ON=C1C2C[NH+]3CC[NH+](C2)CC1(Cc1ccccc1)C3. The van der Waals surface area contributed by atoms with Crippen LogP contribution in [0.1, 0.15) is 5.56 Å². The molecular formula is C16H23N3O+2. The van der Waals surface area contributed by atoms with E-state index in [1.807, 2.05) is 0 Å². The molecule has 20 heavy (non-hydrogen) atoms. The summed E-state index contributed by atoms with van der Waals surface area (Å²) in [7, 11) is 0. The quantitative estimate of drug-likeness (QED) is 0.444. The van der Waals surface area contributed by atoms with E-state index in [-0.39, 0.29) is 5.41 Å². The largest absolute Gasteiger partial charge is 0.411 e. The average Bonchev–Trinajstić information content (AvgIpc) is 2.68. The first-order valence-corrected chi connectivity index (χ1v) is 7.72. The fourth-order valence-electron chi connectivity index (χ4n) is 4.86. The number of rotatable bonds is 2. The van der Waals surface area contributed by atoms with Crippen LogP contribution in [0.2, 0.25) is 0 Å². The molecular weight excluding hydrogens is 250 g/mol. The number of hydrogen-bond acceptors (Lipinski definition) is 2. The molecule has 5 rings (SSSR count).